The quantitative estimate of drug-likeness (QED) is 0.748. The molecule has 0 spiro atoms. The number of benzene rings is 1. The van der Waals surface area contributed by atoms with Gasteiger partial charge in [-0.05, 0) is 12.1 Å². The molecule has 0 aliphatic heterocycles. The molecule has 0 atom stereocenters. The monoisotopic (exact) mass is 203 g/mol. The lowest BCUT2D eigenvalue weighted by atomic mass is 10.1. The number of hydrogen-bond acceptors (Lipinski definition) is 2. The Kier molecular flexibility index (Phi) is 2.63. The minimum Gasteiger partial charge on any atom is -0.494 e. The van der Waals surface area contributed by atoms with Gasteiger partial charge < -0.3 is 4.74 Å². The van der Waals surface area contributed by atoms with Gasteiger partial charge in [0.25, 0.3) is 0 Å². The first-order chi connectivity index (χ1) is 7.33. The van der Waals surface area contributed by atoms with Crippen LogP contribution in [0.2, 0.25) is 0 Å². The van der Waals surface area contributed by atoms with E-state index in [-0.39, 0.29) is 5.82 Å². The molecule has 0 bridgehead atoms. The lowest BCUT2D eigenvalue weighted by Gasteiger charge is -2.07. The molecule has 0 amide bonds. The summed E-state index contributed by atoms with van der Waals surface area (Å²) in [6.45, 7) is 0. The summed E-state index contributed by atoms with van der Waals surface area (Å²) in [4.78, 5) is 3.92. The van der Waals surface area contributed by atoms with Crippen LogP contribution in [0.1, 0.15) is 0 Å². The molecule has 0 saturated carbocycles. The maximum atomic E-state index is 13.5. The van der Waals surface area contributed by atoms with E-state index in [1.807, 2.05) is 0 Å². The molecular weight excluding hydrogens is 193 g/mol. The second kappa shape index (κ2) is 4.09. The van der Waals surface area contributed by atoms with Gasteiger partial charge in [-0.2, -0.15) is 0 Å². The summed E-state index contributed by atoms with van der Waals surface area (Å²) < 4.78 is 18.6. The Balaban J connectivity index is 2.59. The van der Waals surface area contributed by atoms with Crippen LogP contribution >= 0.6 is 0 Å². The van der Waals surface area contributed by atoms with E-state index < -0.39 is 0 Å². The lowest BCUT2D eigenvalue weighted by Crippen LogP contribution is -1.90. The molecule has 2 rings (SSSR count). The molecule has 1 aromatic heterocycles. The van der Waals surface area contributed by atoms with Gasteiger partial charge >= 0.3 is 0 Å². The number of pyridine rings is 1. The minimum absolute atomic E-state index is 0.262. The lowest BCUT2D eigenvalue weighted by molar-refractivity contribution is 0.414. The summed E-state index contributed by atoms with van der Waals surface area (Å²) in [5, 5.41) is 0. The Morgan fingerprint density at radius 1 is 1.13 bits per heavy atom. The summed E-state index contributed by atoms with van der Waals surface area (Å²) in [6, 6.07) is 8.32. The first-order valence-corrected chi connectivity index (χ1v) is 4.56. The molecule has 15 heavy (non-hydrogen) atoms. The van der Waals surface area contributed by atoms with Crippen molar-refractivity contribution in [3.63, 3.8) is 0 Å². The summed E-state index contributed by atoms with van der Waals surface area (Å²) in [7, 11) is 1.54. The van der Waals surface area contributed by atoms with Gasteiger partial charge in [-0.1, -0.05) is 18.2 Å². The van der Waals surface area contributed by atoms with Gasteiger partial charge in [0, 0.05) is 17.3 Å². The Labute approximate surface area is 87.4 Å². The highest BCUT2D eigenvalue weighted by atomic mass is 19.1. The van der Waals surface area contributed by atoms with E-state index in [0.717, 1.165) is 0 Å². The molecule has 1 aromatic carbocycles. The Hall–Kier alpha value is -1.90. The number of nitrogens with zero attached hydrogens (tertiary/aromatic N) is 1. The van der Waals surface area contributed by atoms with E-state index >= 15 is 0 Å². The average molecular weight is 203 g/mol. The van der Waals surface area contributed by atoms with Crippen molar-refractivity contribution < 1.29 is 9.13 Å². The molecule has 0 saturated heterocycles. The first kappa shape index (κ1) is 9.65. The van der Waals surface area contributed by atoms with Crippen LogP contribution in [0.4, 0.5) is 4.39 Å². The van der Waals surface area contributed by atoms with Gasteiger partial charge in [0.15, 0.2) is 0 Å². The number of ether oxygens (including phenoxy) is 1. The van der Waals surface area contributed by atoms with Crippen LogP contribution in [0, 0.1) is 5.82 Å². The first-order valence-electron chi connectivity index (χ1n) is 4.56. The molecular formula is C12H10FNO. The van der Waals surface area contributed by atoms with Crippen molar-refractivity contribution in [2.24, 2.45) is 0 Å². The third-order valence-electron chi connectivity index (χ3n) is 2.17. The molecule has 1 heterocycles. The molecule has 3 heteroatoms. The molecule has 0 aliphatic rings. The van der Waals surface area contributed by atoms with Crippen LogP contribution in [0.3, 0.4) is 0 Å². The summed E-state index contributed by atoms with van der Waals surface area (Å²) >= 11 is 0. The van der Waals surface area contributed by atoms with E-state index in [2.05, 4.69) is 4.98 Å². The van der Waals surface area contributed by atoms with E-state index in [9.17, 15) is 4.39 Å². The topological polar surface area (TPSA) is 22.1 Å². The van der Waals surface area contributed by atoms with E-state index in [0.29, 0.717) is 16.9 Å². The van der Waals surface area contributed by atoms with Crippen molar-refractivity contribution in [3.05, 3.63) is 48.5 Å². The van der Waals surface area contributed by atoms with Crippen LogP contribution in [-0.4, -0.2) is 12.1 Å². The highest BCUT2D eigenvalue weighted by Gasteiger charge is 2.08. The van der Waals surface area contributed by atoms with Crippen LogP contribution in [-0.2, 0) is 0 Å². The van der Waals surface area contributed by atoms with Crippen LogP contribution in [0.25, 0.3) is 11.1 Å². The van der Waals surface area contributed by atoms with Gasteiger partial charge in [-0.15, -0.1) is 0 Å². The van der Waals surface area contributed by atoms with E-state index in [1.165, 1.54) is 6.07 Å². The summed E-state index contributed by atoms with van der Waals surface area (Å²) in [6.07, 6.45) is 3.19. The summed E-state index contributed by atoms with van der Waals surface area (Å²) in [5.41, 5.74) is 1.24. The molecule has 76 valence electrons. The van der Waals surface area contributed by atoms with Crippen molar-refractivity contribution in [3.8, 4) is 16.9 Å². The van der Waals surface area contributed by atoms with Crippen LogP contribution < -0.4 is 4.74 Å². The zero-order valence-electron chi connectivity index (χ0n) is 8.27. The number of hydrogen-bond donors (Lipinski definition) is 0. The standard InChI is InChI=1S/C12H10FNO/c1-15-12-8-14-7-6-10(12)9-4-2-3-5-11(9)13/h2-8H,1H3. The Bertz CT molecular complexity index is 471. The van der Waals surface area contributed by atoms with Crippen molar-refractivity contribution in [1.82, 2.24) is 4.98 Å². The van der Waals surface area contributed by atoms with E-state index in [1.54, 1.807) is 43.8 Å². The third-order valence-corrected chi connectivity index (χ3v) is 2.17. The molecule has 0 aliphatic carbocycles. The fraction of sp³-hybridized carbons (Fsp3) is 0.0833. The zero-order chi connectivity index (χ0) is 10.7. The Morgan fingerprint density at radius 2 is 1.93 bits per heavy atom. The SMILES string of the molecule is COc1cnccc1-c1ccccc1F. The van der Waals surface area contributed by atoms with Crippen molar-refractivity contribution in [2.75, 3.05) is 7.11 Å². The van der Waals surface area contributed by atoms with Crippen LogP contribution in [0.5, 0.6) is 5.75 Å². The third kappa shape index (κ3) is 1.81. The van der Waals surface area contributed by atoms with Gasteiger partial charge in [0.2, 0.25) is 0 Å². The molecule has 0 N–H and O–H groups in total. The zero-order valence-corrected chi connectivity index (χ0v) is 8.27. The highest BCUT2D eigenvalue weighted by molar-refractivity contribution is 5.70. The predicted molar refractivity (Wildman–Crippen MR) is 56.2 cm³/mol. The van der Waals surface area contributed by atoms with E-state index in [4.69, 9.17) is 4.74 Å². The highest BCUT2D eigenvalue weighted by Crippen LogP contribution is 2.30. The number of aromatic nitrogens is 1. The number of rotatable bonds is 2. The largest absolute Gasteiger partial charge is 0.494 e. The van der Waals surface area contributed by atoms with Crippen molar-refractivity contribution >= 4 is 0 Å². The predicted octanol–water partition coefficient (Wildman–Crippen LogP) is 2.90. The average Bonchev–Trinajstić information content (AvgIpc) is 2.30. The van der Waals surface area contributed by atoms with Gasteiger partial charge in [-0.3, -0.25) is 4.98 Å². The molecule has 2 nitrogen and oxygen atoms in total. The second-order valence-corrected chi connectivity index (χ2v) is 3.06. The van der Waals surface area contributed by atoms with Gasteiger partial charge in [-0.25, -0.2) is 4.39 Å². The maximum absolute atomic E-state index is 13.5. The fourth-order valence-corrected chi connectivity index (χ4v) is 1.44. The normalized spacial score (nSPS) is 10.0. The molecule has 0 fully saturated rings. The molecule has 0 radical (unpaired) electrons. The van der Waals surface area contributed by atoms with Crippen LogP contribution in [0.15, 0.2) is 42.7 Å². The number of methoxy groups -OCH3 is 1. The van der Waals surface area contributed by atoms with Crippen molar-refractivity contribution in [2.45, 2.75) is 0 Å². The minimum atomic E-state index is -0.262. The molecule has 0 unspecified atom stereocenters. The second-order valence-electron chi connectivity index (χ2n) is 3.06. The van der Waals surface area contributed by atoms with Crippen molar-refractivity contribution in [1.29, 1.82) is 0 Å². The van der Waals surface area contributed by atoms with Gasteiger partial charge in [0.05, 0.1) is 13.3 Å². The smallest absolute Gasteiger partial charge is 0.145 e. The molecule has 2 aromatic rings. The maximum Gasteiger partial charge on any atom is 0.145 e. The summed E-state index contributed by atoms with van der Waals surface area (Å²) in [5.74, 6) is 0.310. The number of halogens is 1. The van der Waals surface area contributed by atoms with Gasteiger partial charge in [0.1, 0.15) is 11.6 Å². The fourth-order valence-electron chi connectivity index (χ4n) is 1.44. The Morgan fingerprint density at radius 3 is 2.67 bits per heavy atom.